The van der Waals surface area contributed by atoms with E-state index in [0.717, 1.165) is 20.5 Å². The molecule has 3 fully saturated rings. The first kappa shape index (κ1) is 81.8. The fourth-order valence-corrected chi connectivity index (χ4v) is 13.6. The zero-order chi connectivity index (χ0) is 75.1. The minimum atomic E-state index is -1.78. The molecule has 3 saturated heterocycles. The molecule has 4 N–H and O–H groups in total. The first-order chi connectivity index (χ1) is 47.5. The number of carbonyl (C=O) groups is 12. The maximum Gasteiger partial charge on any atom is 0.246 e. The van der Waals surface area contributed by atoms with Gasteiger partial charge in [0.1, 0.15) is 65.7 Å². The minimum Gasteiger partial charge on any atom is -0.496 e. The monoisotopic (exact) mass is 1510 g/mol. The van der Waals surface area contributed by atoms with Crippen LogP contribution < -0.4 is 26.0 Å². The topological polar surface area (TPSA) is 288 Å². The van der Waals surface area contributed by atoms with Gasteiger partial charge in [-0.05, 0) is 141 Å². The number of likely N-dealkylation sites (tertiary alicyclic amines) is 1. The summed E-state index contributed by atoms with van der Waals surface area (Å²) >= 11 is 2.13. The molecule has 0 aliphatic carbocycles. The third-order valence-electron chi connectivity index (χ3n) is 20.3. The molecular weight excluding hydrogens is 1400 g/mol. The lowest BCUT2D eigenvalue weighted by atomic mass is 9.94. The molecule has 25 nitrogen and oxygen atoms in total. The molecule has 0 bridgehead atoms. The lowest BCUT2D eigenvalue weighted by Gasteiger charge is -2.45. The first-order valence-electron chi connectivity index (χ1n) is 35.3. The van der Waals surface area contributed by atoms with E-state index < -0.39 is 150 Å². The van der Waals surface area contributed by atoms with Crippen molar-refractivity contribution >= 4 is 93.5 Å². The Hall–Kier alpha value is -8.17. The summed E-state index contributed by atoms with van der Waals surface area (Å²) in [5, 5.41) is 11.6. The van der Waals surface area contributed by atoms with E-state index in [0.29, 0.717) is 54.8 Å². The number of aryl methyl sites for hydroxylation is 1. The lowest BCUT2D eigenvalue weighted by molar-refractivity contribution is -0.160. The van der Waals surface area contributed by atoms with E-state index in [1.165, 1.54) is 99.6 Å². The van der Waals surface area contributed by atoms with Crippen LogP contribution in [0.4, 0.5) is 0 Å². The third kappa shape index (κ3) is 21.0. The molecule has 10 atom stereocenters. The fourth-order valence-electron chi connectivity index (χ4n) is 13.0. The van der Waals surface area contributed by atoms with E-state index in [9.17, 15) is 28.8 Å². The second kappa shape index (κ2) is 36.6. The predicted molar refractivity (Wildman–Crippen MR) is 392 cm³/mol. The number of likely N-dealkylation sites (N-methyl/N-ethyl adjacent to an activating group) is 6. The number of amides is 12. The van der Waals surface area contributed by atoms with E-state index in [-0.39, 0.29) is 56.9 Å². The molecule has 0 radical (unpaired) electrons. The molecule has 101 heavy (non-hydrogen) atoms. The van der Waals surface area contributed by atoms with Crippen LogP contribution in [0, 0.1) is 28.2 Å². The van der Waals surface area contributed by atoms with Crippen LogP contribution in [0.1, 0.15) is 136 Å². The van der Waals surface area contributed by atoms with E-state index in [4.69, 9.17) is 4.74 Å². The molecule has 3 aliphatic rings. The summed E-state index contributed by atoms with van der Waals surface area (Å²) in [5.41, 5.74) is 1.02. The smallest absolute Gasteiger partial charge is 0.246 e. The number of halogens is 1. The van der Waals surface area contributed by atoms with Crippen molar-refractivity contribution in [1.29, 1.82) is 0 Å². The van der Waals surface area contributed by atoms with Crippen molar-refractivity contribution < 1.29 is 62.3 Å². The van der Waals surface area contributed by atoms with Crippen molar-refractivity contribution in [3.8, 4) is 5.75 Å². The van der Waals surface area contributed by atoms with Crippen LogP contribution in [0.5, 0.6) is 5.75 Å². The number of piperidine rings is 1. The third-order valence-corrected chi connectivity index (χ3v) is 21.0. The number of nitrogens with one attached hydrogen (secondary N) is 4. The quantitative estimate of drug-likeness (QED) is 0.159. The largest absolute Gasteiger partial charge is 0.496 e. The molecule has 3 aliphatic heterocycles. The lowest BCUT2D eigenvalue weighted by Crippen LogP contribution is -2.65. The summed E-state index contributed by atoms with van der Waals surface area (Å²) in [6, 6.07) is 10.2. The second-order valence-electron chi connectivity index (χ2n) is 29.0. The van der Waals surface area contributed by atoms with Gasteiger partial charge >= 0.3 is 0 Å². The van der Waals surface area contributed by atoms with Gasteiger partial charge in [-0.25, -0.2) is 0 Å². The number of rotatable bonds is 14. The molecule has 0 spiro atoms. The summed E-state index contributed by atoms with van der Waals surface area (Å²) in [4.78, 5) is 190. The molecule has 26 heteroatoms. The Bertz CT molecular complexity index is 3470. The molecule has 1 unspecified atom stereocenters. The van der Waals surface area contributed by atoms with Crippen molar-refractivity contribution in [2.24, 2.45) is 17.8 Å². The van der Waals surface area contributed by atoms with Gasteiger partial charge in [0.25, 0.3) is 0 Å². The number of benzene rings is 3. The maximum atomic E-state index is 15.4. The summed E-state index contributed by atoms with van der Waals surface area (Å²) < 4.78 is 6.54. The van der Waals surface area contributed by atoms with Crippen molar-refractivity contribution in [1.82, 2.24) is 60.5 Å². The molecule has 3 aromatic rings. The van der Waals surface area contributed by atoms with Crippen LogP contribution in [0.3, 0.4) is 0 Å². The van der Waals surface area contributed by atoms with Crippen LogP contribution in [0.25, 0.3) is 0 Å². The van der Waals surface area contributed by atoms with Crippen molar-refractivity contribution in [2.45, 2.75) is 200 Å². The number of para-hydroxylation sites is 1. The Kier molecular flexibility index (Phi) is 29.7. The number of methoxy groups -OCH3 is 1. The zero-order valence-electron chi connectivity index (χ0n) is 62.2. The highest BCUT2D eigenvalue weighted by Crippen LogP contribution is 2.28. The Morgan fingerprint density at radius 2 is 1.26 bits per heavy atom. The van der Waals surface area contributed by atoms with Crippen LogP contribution in [0.2, 0.25) is 0 Å². The normalized spacial score (nSPS) is 25.0. The highest BCUT2D eigenvalue weighted by atomic mass is 127. The van der Waals surface area contributed by atoms with Crippen molar-refractivity contribution in [3.05, 3.63) is 98.6 Å². The first-order valence-corrected chi connectivity index (χ1v) is 36.4. The van der Waals surface area contributed by atoms with Crippen LogP contribution in [-0.2, 0) is 76.8 Å². The molecule has 0 saturated carbocycles. The summed E-state index contributed by atoms with van der Waals surface area (Å²) in [6.45, 7) is 17.8. The number of hydrogen-bond acceptors (Lipinski definition) is 13. The highest BCUT2D eigenvalue weighted by molar-refractivity contribution is 14.1. The van der Waals surface area contributed by atoms with Crippen LogP contribution in [-0.4, -0.2) is 246 Å². The Morgan fingerprint density at radius 3 is 1.85 bits per heavy atom. The molecule has 3 aromatic carbocycles. The van der Waals surface area contributed by atoms with E-state index >= 15 is 28.8 Å². The molecule has 0 aromatic heterocycles. The average molecular weight is 1510 g/mol. The number of hydrogen-bond donors (Lipinski definition) is 4. The highest BCUT2D eigenvalue weighted by Gasteiger charge is 2.47. The van der Waals surface area contributed by atoms with Gasteiger partial charge in [-0.15, -0.1) is 0 Å². The number of fused-ring (bicyclic) bond motifs is 1. The van der Waals surface area contributed by atoms with Gasteiger partial charge in [-0.2, -0.15) is 0 Å². The molecule has 554 valence electrons. The molecule has 6 rings (SSSR count). The SMILES string of the molecule is CC[C@H](C)C1NC(=O)[C@H](CC(C)C)N(C)C(=O)C[C@@H](C(=O)N2CCCCC2)N(C)C(=O)[C@H](CC(C)C)NC(=O)C(C)(C)N(C)C(=O)[C@H](Cc2ccccc2OC)NC(=O)[C@H](Cc2cccc(I)c2)NC(=O)CN(C)C(=O)[C@H](Cc2ccc(C)cc2)N(C)C(=O)[C@@H]2CCN2C(=O)[C@H](C)N(C)C1=O. The maximum absolute atomic E-state index is 15.4. The van der Waals surface area contributed by atoms with E-state index in [1.54, 1.807) is 48.2 Å². The number of nitrogens with zero attached hydrogens (tertiary/aromatic N) is 8. The average Bonchev–Trinajstić information content (AvgIpc) is 0.786. The Morgan fingerprint density at radius 1 is 0.614 bits per heavy atom. The van der Waals surface area contributed by atoms with Crippen molar-refractivity contribution in [2.75, 3.05) is 75.6 Å². The fraction of sp³-hybridized carbons (Fsp3) is 0.600. The summed E-state index contributed by atoms with van der Waals surface area (Å²) in [5.74, 6) is -8.48. The van der Waals surface area contributed by atoms with E-state index in [1.807, 2.05) is 77.9 Å². The molecule has 3 heterocycles. The molecule has 12 amide bonds. The predicted octanol–water partition coefficient (Wildman–Crippen LogP) is 4.75. The Labute approximate surface area is 610 Å². The van der Waals surface area contributed by atoms with Crippen LogP contribution in [0.15, 0.2) is 72.8 Å². The van der Waals surface area contributed by atoms with E-state index in [2.05, 4.69) is 43.9 Å². The number of ether oxygens (including phenoxy) is 1. The van der Waals surface area contributed by atoms with Gasteiger partial charge in [0.15, 0.2) is 0 Å². The zero-order valence-corrected chi connectivity index (χ0v) is 64.4. The van der Waals surface area contributed by atoms with Crippen LogP contribution >= 0.6 is 22.6 Å². The summed E-state index contributed by atoms with van der Waals surface area (Å²) in [7, 11) is 10.0. The van der Waals surface area contributed by atoms with Crippen molar-refractivity contribution in [3.63, 3.8) is 0 Å². The second-order valence-corrected chi connectivity index (χ2v) is 30.3. The van der Waals surface area contributed by atoms with Gasteiger partial charge in [0.05, 0.1) is 20.1 Å². The van der Waals surface area contributed by atoms with Gasteiger partial charge in [0.2, 0.25) is 70.9 Å². The van der Waals surface area contributed by atoms with Gasteiger partial charge < -0.3 is 65.2 Å². The van der Waals surface area contributed by atoms with Gasteiger partial charge in [0, 0.05) is 84.8 Å². The van der Waals surface area contributed by atoms with Gasteiger partial charge in [-0.3, -0.25) is 57.5 Å². The molecular formula is C75H109IN12O13. The standard InChI is InChI=1S/C75H109IN12O13/c1-18-48(7)64-73(99)82(12)49(8)67(93)88-36-33-57(88)71(97)85(15)59(41-50-31-29-47(6)30-32-50)70(96)81(11)44-62(89)77-54(40-51-25-24-27-53(76)39-51)65(91)78-56(42-52-26-20-21-28-61(52)101-17)69(95)86(16)75(9,10)74(100)79-55(37-45(2)3)68(94)84(14)60(72(98)87-34-22-19-23-35-87)43-63(90)83(13)58(38-46(4)5)66(92)80-64/h20-21,24-32,39,45-46,48-49,54-60,64H,18-19,22-23,33-38,40-44H2,1-17H3,(H,77,89)(H,78,91)(H,79,100)(H,80,92)/t48-,49-,54-,55-,56-,57-,58-,59-,60-,64?/m0/s1. The van der Waals surface area contributed by atoms with Gasteiger partial charge in [-0.1, -0.05) is 108 Å². The Balaban J connectivity index is 1.47. The minimum absolute atomic E-state index is 0.00541. The number of carbonyl (C=O) groups excluding carboxylic acids is 12. The summed E-state index contributed by atoms with van der Waals surface area (Å²) in [6.07, 6.45) is 2.25.